The van der Waals surface area contributed by atoms with Gasteiger partial charge in [-0.3, -0.25) is 23.4 Å². The first-order valence-electron chi connectivity index (χ1n) is 20.9. The number of rotatable bonds is 39. The lowest BCUT2D eigenvalue weighted by Gasteiger charge is -2.20. The number of esters is 2. The smallest absolute Gasteiger partial charge is 0.472 e. The molecular weight excluding hydrogens is 697 g/mol. The van der Waals surface area contributed by atoms with Gasteiger partial charge < -0.3 is 25.2 Å². The van der Waals surface area contributed by atoms with Crippen LogP contribution in [0, 0.1) is 0 Å². The summed E-state index contributed by atoms with van der Waals surface area (Å²) in [6.45, 7) is 2.76. The number of allylic oxidation sites excluding steroid dienone is 4. The molecule has 310 valence electrons. The maximum Gasteiger partial charge on any atom is 0.472 e. The molecule has 0 aromatic rings. The topological polar surface area (TPSA) is 172 Å². The van der Waals surface area contributed by atoms with Gasteiger partial charge in [-0.2, -0.15) is 0 Å². The number of phosphoric acid groups is 1. The fourth-order valence-electron chi connectivity index (χ4n) is 5.62. The lowest BCUT2D eigenvalue weighted by molar-refractivity contribution is -0.161. The highest BCUT2D eigenvalue weighted by molar-refractivity contribution is 7.47. The Labute approximate surface area is 321 Å². The van der Waals surface area contributed by atoms with Crippen molar-refractivity contribution >= 4 is 25.7 Å². The molecule has 3 atom stereocenters. The Hall–Kier alpha value is -2.04. The van der Waals surface area contributed by atoms with Crippen molar-refractivity contribution in [1.29, 1.82) is 0 Å². The first-order chi connectivity index (χ1) is 25.6. The molecule has 0 radical (unpaired) electrons. The minimum Gasteiger partial charge on any atom is -0.480 e. The van der Waals surface area contributed by atoms with E-state index < -0.39 is 51.1 Å². The number of phosphoric ester groups is 1. The summed E-state index contributed by atoms with van der Waals surface area (Å²) in [5, 5.41) is 8.87. The highest BCUT2D eigenvalue weighted by atomic mass is 31.2. The maximum atomic E-state index is 12.6. The number of nitrogens with two attached hydrogens (primary N) is 1. The van der Waals surface area contributed by atoms with Crippen LogP contribution in [0.3, 0.4) is 0 Å². The number of carboxylic acids is 1. The van der Waals surface area contributed by atoms with E-state index in [9.17, 15) is 23.8 Å². The van der Waals surface area contributed by atoms with Crippen molar-refractivity contribution in [3.8, 4) is 0 Å². The normalized spacial score (nSPS) is 14.0. The standard InChI is InChI=1S/C41H76NO10P/c1-3-5-7-9-11-13-15-17-19-21-22-24-26-28-30-32-39(43)49-34-37(35-50-53(47,48)51-36-38(42)41(45)46)52-40(44)33-31-29-27-25-23-20-18-16-14-12-10-8-6-4-2/h17,19,22,24,37-38H,3-16,18,20-21,23,25-36,42H2,1-2H3,(H,45,46)(H,47,48)/b19-17+,24-22+/t37-,38+/m1/s1. The second kappa shape index (κ2) is 36.9. The van der Waals surface area contributed by atoms with Crippen molar-refractivity contribution in [2.75, 3.05) is 19.8 Å². The Kier molecular flexibility index (Phi) is 35.5. The predicted octanol–water partition coefficient (Wildman–Crippen LogP) is 10.7. The molecule has 0 aliphatic heterocycles. The van der Waals surface area contributed by atoms with E-state index in [1.807, 2.05) is 0 Å². The van der Waals surface area contributed by atoms with Crippen LogP contribution in [0.2, 0.25) is 0 Å². The summed E-state index contributed by atoms with van der Waals surface area (Å²) in [4.78, 5) is 45.8. The zero-order valence-electron chi connectivity index (χ0n) is 33.4. The van der Waals surface area contributed by atoms with Crippen molar-refractivity contribution in [1.82, 2.24) is 0 Å². The van der Waals surface area contributed by atoms with E-state index in [2.05, 4.69) is 42.7 Å². The Bertz CT molecular complexity index is 1010. The maximum absolute atomic E-state index is 12.6. The van der Waals surface area contributed by atoms with E-state index >= 15 is 0 Å². The Morgan fingerprint density at radius 1 is 0.585 bits per heavy atom. The fourth-order valence-corrected chi connectivity index (χ4v) is 6.40. The molecule has 53 heavy (non-hydrogen) atoms. The monoisotopic (exact) mass is 774 g/mol. The number of unbranched alkanes of at least 4 members (excludes halogenated alkanes) is 21. The van der Waals surface area contributed by atoms with E-state index in [1.165, 1.54) is 103 Å². The first-order valence-corrected chi connectivity index (χ1v) is 22.4. The average molecular weight is 774 g/mol. The molecule has 0 fully saturated rings. The van der Waals surface area contributed by atoms with Gasteiger partial charge in [0.1, 0.15) is 12.6 Å². The third-order valence-electron chi connectivity index (χ3n) is 8.95. The molecule has 0 heterocycles. The van der Waals surface area contributed by atoms with Crippen LogP contribution in [0.4, 0.5) is 0 Å². The second-order valence-corrected chi connectivity index (χ2v) is 15.6. The van der Waals surface area contributed by atoms with Gasteiger partial charge >= 0.3 is 25.7 Å². The van der Waals surface area contributed by atoms with Crippen molar-refractivity contribution in [3.05, 3.63) is 24.3 Å². The number of aliphatic carboxylic acids is 1. The molecule has 0 saturated heterocycles. The van der Waals surface area contributed by atoms with Gasteiger partial charge in [0.05, 0.1) is 13.2 Å². The second-order valence-electron chi connectivity index (χ2n) is 14.1. The molecule has 1 unspecified atom stereocenters. The van der Waals surface area contributed by atoms with Crippen LogP contribution >= 0.6 is 7.82 Å². The lowest BCUT2D eigenvalue weighted by atomic mass is 10.0. The number of carbonyl (C=O) groups is 3. The number of hydrogen-bond acceptors (Lipinski definition) is 9. The van der Waals surface area contributed by atoms with E-state index in [1.54, 1.807) is 0 Å². The lowest BCUT2D eigenvalue weighted by Crippen LogP contribution is -2.34. The number of carboxylic acid groups (broad SMARTS) is 1. The van der Waals surface area contributed by atoms with Crippen LogP contribution in [0.15, 0.2) is 24.3 Å². The molecule has 11 nitrogen and oxygen atoms in total. The van der Waals surface area contributed by atoms with Gasteiger partial charge in [0.2, 0.25) is 0 Å². The molecule has 0 rings (SSSR count). The van der Waals surface area contributed by atoms with Crippen LogP contribution in [0.5, 0.6) is 0 Å². The minimum atomic E-state index is -4.72. The highest BCUT2D eigenvalue weighted by Crippen LogP contribution is 2.43. The van der Waals surface area contributed by atoms with Crippen LogP contribution in [0.25, 0.3) is 0 Å². The molecule has 0 aliphatic rings. The molecular formula is C41H76NO10P. The molecule has 0 aromatic heterocycles. The SMILES string of the molecule is CCCCCCCC/C=C/C/C=C/CCCCC(=O)OC[C@H](COP(=O)(O)OC[C@H](N)C(=O)O)OC(=O)CCCCCCCCCCCCCCCC. The highest BCUT2D eigenvalue weighted by Gasteiger charge is 2.28. The Morgan fingerprint density at radius 3 is 1.51 bits per heavy atom. The summed E-state index contributed by atoms with van der Waals surface area (Å²) >= 11 is 0. The Balaban J connectivity index is 4.43. The van der Waals surface area contributed by atoms with E-state index in [0.717, 1.165) is 44.9 Å². The van der Waals surface area contributed by atoms with Crippen LogP contribution in [-0.2, 0) is 37.5 Å². The number of carbonyl (C=O) groups excluding carboxylic acids is 2. The van der Waals surface area contributed by atoms with Gasteiger partial charge in [-0.05, 0) is 44.9 Å². The average Bonchev–Trinajstić information content (AvgIpc) is 3.13. The van der Waals surface area contributed by atoms with E-state index in [4.69, 9.17) is 24.8 Å². The van der Waals surface area contributed by atoms with Crippen LogP contribution in [-0.4, -0.2) is 59.9 Å². The van der Waals surface area contributed by atoms with Crippen molar-refractivity contribution in [3.63, 3.8) is 0 Å². The van der Waals surface area contributed by atoms with Gasteiger partial charge in [-0.15, -0.1) is 0 Å². The molecule has 0 bridgehead atoms. The molecule has 4 N–H and O–H groups in total. The van der Waals surface area contributed by atoms with Crippen molar-refractivity contribution in [2.45, 2.75) is 199 Å². The zero-order chi connectivity index (χ0) is 39.3. The minimum absolute atomic E-state index is 0.158. The summed E-state index contributed by atoms with van der Waals surface area (Å²) in [7, 11) is -4.72. The summed E-state index contributed by atoms with van der Waals surface area (Å²) in [6.07, 6.45) is 36.7. The van der Waals surface area contributed by atoms with Gasteiger partial charge in [-0.25, -0.2) is 4.57 Å². The van der Waals surface area contributed by atoms with E-state index in [-0.39, 0.29) is 19.4 Å². The summed E-state index contributed by atoms with van der Waals surface area (Å²) in [6, 6.07) is -1.52. The summed E-state index contributed by atoms with van der Waals surface area (Å²) in [5.74, 6) is -2.41. The molecule has 0 amide bonds. The summed E-state index contributed by atoms with van der Waals surface area (Å²) in [5.41, 5.74) is 5.32. The van der Waals surface area contributed by atoms with Crippen molar-refractivity contribution in [2.24, 2.45) is 5.73 Å². The molecule has 0 saturated carbocycles. The van der Waals surface area contributed by atoms with E-state index in [0.29, 0.717) is 12.8 Å². The molecule has 0 aromatic carbocycles. The van der Waals surface area contributed by atoms with Gasteiger partial charge in [0, 0.05) is 12.8 Å². The number of ether oxygens (including phenoxy) is 2. The molecule has 0 aliphatic carbocycles. The molecule has 0 spiro atoms. The summed E-state index contributed by atoms with van der Waals surface area (Å²) < 4.78 is 32.6. The van der Waals surface area contributed by atoms with Gasteiger partial charge in [0.15, 0.2) is 6.10 Å². The van der Waals surface area contributed by atoms with Crippen molar-refractivity contribution < 1.29 is 47.5 Å². The van der Waals surface area contributed by atoms with Gasteiger partial charge in [0.25, 0.3) is 0 Å². The largest absolute Gasteiger partial charge is 0.480 e. The fraction of sp³-hybridized carbons (Fsp3) is 0.829. The Morgan fingerprint density at radius 2 is 1.00 bits per heavy atom. The quantitative estimate of drug-likeness (QED) is 0.0235. The third-order valence-corrected chi connectivity index (χ3v) is 9.90. The number of hydrogen-bond donors (Lipinski definition) is 3. The predicted molar refractivity (Wildman–Crippen MR) is 212 cm³/mol. The van der Waals surface area contributed by atoms with Crippen LogP contribution < -0.4 is 5.73 Å². The van der Waals surface area contributed by atoms with Gasteiger partial charge in [-0.1, -0.05) is 154 Å². The first kappa shape index (κ1) is 51.0. The van der Waals surface area contributed by atoms with Crippen LogP contribution in [0.1, 0.15) is 187 Å². The third kappa shape index (κ3) is 36.7. The molecule has 12 heteroatoms. The zero-order valence-corrected chi connectivity index (χ0v) is 34.3.